The van der Waals surface area contributed by atoms with E-state index in [0.29, 0.717) is 22.6 Å². The SMILES string of the molecule is COc1ccc([C@H]2CC(=O)C(C(=O)/C=C/c3ccc(C)c(C)c3)C(c3ccc(C)cc3)[C@H]2[N+](=O)[O-])cc1OC. The summed E-state index contributed by atoms with van der Waals surface area (Å²) in [5, 5.41) is 12.7. The number of allylic oxidation sites excluding steroid dienone is 1. The number of benzene rings is 3. The molecule has 0 aromatic heterocycles. The largest absolute Gasteiger partial charge is 0.493 e. The summed E-state index contributed by atoms with van der Waals surface area (Å²) < 4.78 is 10.7. The zero-order valence-corrected chi connectivity index (χ0v) is 22.8. The van der Waals surface area contributed by atoms with E-state index in [4.69, 9.17) is 9.47 Å². The van der Waals surface area contributed by atoms with Crippen LogP contribution >= 0.6 is 0 Å². The minimum absolute atomic E-state index is 0.128. The van der Waals surface area contributed by atoms with Crippen LogP contribution in [0.5, 0.6) is 11.5 Å². The van der Waals surface area contributed by atoms with Crippen LogP contribution in [0.15, 0.2) is 66.7 Å². The number of ether oxygens (including phenoxy) is 2. The minimum atomic E-state index is -1.20. The number of ketones is 2. The highest BCUT2D eigenvalue weighted by Crippen LogP contribution is 2.46. The molecule has 3 aromatic rings. The lowest BCUT2D eigenvalue weighted by Gasteiger charge is -2.37. The van der Waals surface area contributed by atoms with E-state index in [9.17, 15) is 19.7 Å². The van der Waals surface area contributed by atoms with Crippen molar-refractivity contribution in [2.24, 2.45) is 5.92 Å². The fourth-order valence-corrected chi connectivity index (χ4v) is 5.45. The maximum Gasteiger partial charge on any atom is 0.228 e. The van der Waals surface area contributed by atoms with Crippen molar-refractivity contribution in [1.29, 1.82) is 0 Å². The summed E-state index contributed by atoms with van der Waals surface area (Å²) in [5.41, 5.74) is 5.22. The summed E-state index contributed by atoms with van der Waals surface area (Å²) in [7, 11) is 3.00. The number of carbonyl (C=O) groups is 2. The third-order valence-electron chi connectivity index (χ3n) is 7.73. The van der Waals surface area contributed by atoms with Gasteiger partial charge in [0.1, 0.15) is 5.78 Å². The molecule has 0 radical (unpaired) electrons. The third kappa shape index (κ3) is 5.77. The normalized spacial score (nSPS) is 21.1. The molecule has 1 aliphatic carbocycles. The van der Waals surface area contributed by atoms with E-state index >= 15 is 0 Å². The van der Waals surface area contributed by atoms with Gasteiger partial charge in [-0.2, -0.15) is 0 Å². The van der Waals surface area contributed by atoms with Crippen molar-refractivity contribution in [2.75, 3.05) is 14.2 Å². The molecule has 3 aromatic carbocycles. The van der Waals surface area contributed by atoms with Gasteiger partial charge in [0.15, 0.2) is 17.3 Å². The van der Waals surface area contributed by atoms with Crippen molar-refractivity contribution in [1.82, 2.24) is 0 Å². The summed E-state index contributed by atoms with van der Waals surface area (Å²) in [6, 6.07) is 17.0. The van der Waals surface area contributed by atoms with Crippen LogP contribution in [0, 0.1) is 36.8 Å². The molecule has 0 amide bonds. The first-order valence-electron chi connectivity index (χ1n) is 12.9. The molecule has 4 atom stereocenters. The Balaban J connectivity index is 1.79. The predicted molar refractivity (Wildman–Crippen MR) is 150 cm³/mol. The van der Waals surface area contributed by atoms with Crippen LogP contribution < -0.4 is 9.47 Å². The lowest BCUT2D eigenvalue weighted by molar-refractivity contribution is -0.533. The molecule has 202 valence electrons. The first-order valence-corrected chi connectivity index (χ1v) is 12.9. The van der Waals surface area contributed by atoms with Crippen molar-refractivity contribution in [3.8, 4) is 11.5 Å². The number of hydrogen-bond acceptors (Lipinski definition) is 6. The number of Topliss-reactive ketones (excluding diaryl/α,β-unsaturated/α-hetero) is 1. The maximum atomic E-state index is 13.7. The predicted octanol–water partition coefficient (Wildman–Crippen LogP) is 6.01. The smallest absolute Gasteiger partial charge is 0.228 e. The summed E-state index contributed by atoms with van der Waals surface area (Å²) in [4.78, 5) is 39.7. The Kier molecular flexibility index (Phi) is 8.29. The molecule has 0 bridgehead atoms. The van der Waals surface area contributed by atoms with Crippen LogP contribution in [-0.2, 0) is 9.59 Å². The first-order chi connectivity index (χ1) is 18.6. The zero-order chi connectivity index (χ0) is 28.3. The molecule has 4 rings (SSSR count). The van der Waals surface area contributed by atoms with E-state index in [1.165, 1.54) is 20.3 Å². The number of nitro groups is 1. The Morgan fingerprint density at radius 3 is 2.18 bits per heavy atom. The standard InChI is InChI=1S/C32H33NO6/c1-19-6-11-23(12-7-19)30-31(26(34)14-10-22-9-8-20(2)21(3)16-22)27(35)18-25(32(30)33(36)37)24-13-15-28(38-4)29(17-24)39-5/h6-17,25,30-32H,18H2,1-5H3/b14-10+/t25-,30?,31?,32+/m1/s1. The Morgan fingerprint density at radius 1 is 0.897 bits per heavy atom. The lowest BCUT2D eigenvalue weighted by atomic mass is 9.64. The van der Waals surface area contributed by atoms with Crippen LogP contribution in [-0.4, -0.2) is 36.8 Å². The van der Waals surface area contributed by atoms with Gasteiger partial charge in [-0.05, 0) is 66.8 Å². The molecule has 1 saturated carbocycles. The zero-order valence-electron chi connectivity index (χ0n) is 22.8. The number of nitrogens with zero attached hydrogens (tertiary/aromatic N) is 1. The van der Waals surface area contributed by atoms with E-state index in [1.807, 2.05) is 51.1 Å². The molecule has 0 spiro atoms. The fourth-order valence-electron chi connectivity index (χ4n) is 5.45. The molecule has 2 unspecified atom stereocenters. The van der Waals surface area contributed by atoms with E-state index in [0.717, 1.165) is 22.3 Å². The Labute approximate surface area is 228 Å². The van der Waals surface area contributed by atoms with E-state index in [1.54, 1.807) is 36.4 Å². The summed E-state index contributed by atoms with van der Waals surface area (Å²) in [5.74, 6) is -2.67. The number of carbonyl (C=O) groups excluding carboxylic acids is 2. The van der Waals surface area contributed by atoms with Crippen molar-refractivity contribution < 1.29 is 24.0 Å². The average molecular weight is 528 g/mol. The molecular weight excluding hydrogens is 494 g/mol. The number of aryl methyl sites for hydroxylation is 3. The fraction of sp³-hybridized carbons (Fsp3) is 0.312. The van der Waals surface area contributed by atoms with Crippen LogP contribution in [0.2, 0.25) is 0 Å². The molecule has 0 heterocycles. The second kappa shape index (κ2) is 11.6. The summed E-state index contributed by atoms with van der Waals surface area (Å²) >= 11 is 0. The Hall–Kier alpha value is -4.26. The average Bonchev–Trinajstić information content (AvgIpc) is 2.92. The van der Waals surface area contributed by atoms with Crippen LogP contribution in [0.1, 0.15) is 51.6 Å². The molecule has 7 nitrogen and oxygen atoms in total. The molecule has 1 aliphatic rings. The Morgan fingerprint density at radius 2 is 1.56 bits per heavy atom. The lowest BCUT2D eigenvalue weighted by Crippen LogP contribution is -2.48. The molecule has 0 aliphatic heterocycles. The van der Waals surface area contributed by atoms with Gasteiger partial charge >= 0.3 is 0 Å². The summed E-state index contributed by atoms with van der Waals surface area (Å²) in [6.07, 6.45) is 2.94. The van der Waals surface area contributed by atoms with E-state index < -0.39 is 29.6 Å². The van der Waals surface area contributed by atoms with Crippen molar-refractivity contribution in [3.05, 3.63) is 110 Å². The quantitative estimate of drug-likeness (QED) is 0.154. The van der Waals surface area contributed by atoms with Crippen molar-refractivity contribution in [3.63, 3.8) is 0 Å². The van der Waals surface area contributed by atoms with Gasteiger partial charge in [0, 0.05) is 11.3 Å². The second-order valence-electron chi connectivity index (χ2n) is 10.2. The van der Waals surface area contributed by atoms with Gasteiger partial charge in [-0.15, -0.1) is 0 Å². The number of rotatable bonds is 8. The van der Waals surface area contributed by atoms with Gasteiger partial charge in [0.2, 0.25) is 6.04 Å². The monoisotopic (exact) mass is 527 g/mol. The molecule has 0 saturated heterocycles. The van der Waals surface area contributed by atoms with Crippen LogP contribution in [0.4, 0.5) is 0 Å². The van der Waals surface area contributed by atoms with Gasteiger partial charge in [-0.3, -0.25) is 19.7 Å². The van der Waals surface area contributed by atoms with Crippen molar-refractivity contribution in [2.45, 2.75) is 45.1 Å². The molecule has 39 heavy (non-hydrogen) atoms. The van der Waals surface area contributed by atoms with Crippen molar-refractivity contribution >= 4 is 17.6 Å². The minimum Gasteiger partial charge on any atom is -0.493 e. The highest BCUT2D eigenvalue weighted by molar-refractivity contribution is 6.10. The van der Waals surface area contributed by atoms with Gasteiger partial charge in [0.05, 0.1) is 32.0 Å². The van der Waals surface area contributed by atoms with Gasteiger partial charge in [-0.25, -0.2) is 0 Å². The second-order valence-corrected chi connectivity index (χ2v) is 10.2. The third-order valence-corrected chi connectivity index (χ3v) is 7.73. The highest BCUT2D eigenvalue weighted by Gasteiger charge is 2.54. The van der Waals surface area contributed by atoms with Gasteiger partial charge < -0.3 is 9.47 Å². The maximum absolute atomic E-state index is 13.7. The number of methoxy groups -OCH3 is 2. The first kappa shape index (κ1) is 27.8. The molecular formula is C32H33NO6. The molecule has 7 heteroatoms. The summed E-state index contributed by atoms with van der Waals surface area (Å²) in [6.45, 7) is 5.91. The van der Waals surface area contributed by atoms with Crippen LogP contribution in [0.3, 0.4) is 0 Å². The Bertz CT molecular complexity index is 1430. The molecule has 0 N–H and O–H groups in total. The van der Waals surface area contributed by atoms with E-state index in [2.05, 4.69) is 0 Å². The topological polar surface area (TPSA) is 95.7 Å². The highest BCUT2D eigenvalue weighted by atomic mass is 16.6. The van der Waals surface area contributed by atoms with Gasteiger partial charge in [-0.1, -0.05) is 60.2 Å². The van der Waals surface area contributed by atoms with E-state index in [-0.39, 0.29) is 17.1 Å². The van der Waals surface area contributed by atoms with Crippen LogP contribution in [0.25, 0.3) is 6.08 Å². The molecule has 1 fully saturated rings. The number of hydrogen-bond donors (Lipinski definition) is 0. The van der Waals surface area contributed by atoms with Gasteiger partial charge in [0.25, 0.3) is 0 Å².